The molecule has 0 saturated carbocycles. The number of rotatable bonds is 13. The number of carboxylic acid groups (broad SMARTS) is 1. The highest BCUT2D eigenvalue weighted by Crippen LogP contribution is 2.59. The molecule has 0 fully saturated rings. The molecule has 0 radical (unpaired) electrons. The molecule has 0 aliphatic carbocycles. The summed E-state index contributed by atoms with van der Waals surface area (Å²) in [6.45, 7) is 0. The minimum Gasteiger partial charge on any atom is -0.477 e. The Morgan fingerprint density at radius 3 is 1.82 bits per heavy atom. The van der Waals surface area contributed by atoms with Crippen LogP contribution in [0.4, 0.5) is 17.6 Å². The van der Waals surface area contributed by atoms with Crippen molar-refractivity contribution in [2.24, 2.45) is 5.73 Å². The number of nitrogens with two attached hydrogens (primary N) is 1. The van der Waals surface area contributed by atoms with E-state index in [1.165, 1.54) is 12.4 Å². The molecule has 1 heterocycles. The summed E-state index contributed by atoms with van der Waals surface area (Å²) in [4.78, 5) is 74.4. The lowest BCUT2D eigenvalue weighted by Crippen LogP contribution is -2.54. The third-order valence-electron chi connectivity index (χ3n) is 6.21. The van der Waals surface area contributed by atoms with E-state index >= 15 is 0 Å². The topological polar surface area (TPSA) is 222 Å². The molecule has 13 nitrogen and oxygen atoms in total. The molecule has 0 saturated heterocycles. The van der Waals surface area contributed by atoms with Gasteiger partial charge in [-0.15, -0.1) is 0 Å². The van der Waals surface area contributed by atoms with Gasteiger partial charge in [-0.2, -0.15) is 17.6 Å². The zero-order valence-electron chi connectivity index (χ0n) is 22.2. The molecule has 7 N–H and O–H groups in total. The van der Waals surface area contributed by atoms with E-state index in [0.717, 1.165) is 54.7 Å². The predicted octanol–water partition coefficient (Wildman–Crippen LogP) is 1.43. The lowest BCUT2D eigenvalue weighted by molar-refractivity contribution is -0.166. The van der Waals surface area contributed by atoms with E-state index in [9.17, 15) is 41.3 Å². The van der Waals surface area contributed by atoms with Gasteiger partial charge in [0.15, 0.2) is 0 Å². The van der Waals surface area contributed by atoms with Crippen LogP contribution in [0, 0.1) is 0 Å². The number of benzene rings is 2. The monoisotopic (exact) mass is 641 g/mol. The third-order valence-corrected chi connectivity index (χ3v) is 7.20. The fraction of sp³-hybridized carbons (Fsp3) is 0.231. The average molecular weight is 641 g/mol. The van der Waals surface area contributed by atoms with E-state index in [0.29, 0.717) is 0 Å². The van der Waals surface area contributed by atoms with Gasteiger partial charge in [0.1, 0.15) is 17.8 Å². The number of alkyl halides is 4. The summed E-state index contributed by atoms with van der Waals surface area (Å²) in [5.74, 6) is -9.47. The molecule has 3 aromatic rings. The van der Waals surface area contributed by atoms with Crippen LogP contribution in [0.1, 0.15) is 32.7 Å². The molecule has 2 unspecified atom stereocenters. The van der Waals surface area contributed by atoms with Crippen molar-refractivity contribution in [3.8, 4) is 0 Å². The van der Waals surface area contributed by atoms with Gasteiger partial charge in [-0.1, -0.05) is 48.5 Å². The van der Waals surface area contributed by atoms with Crippen LogP contribution < -0.4 is 16.4 Å². The fourth-order valence-electron chi connectivity index (χ4n) is 3.81. The van der Waals surface area contributed by atoms with Gasteiger partial charge in [0.25, 0.3) is 5.91 Å². The number of halogens is 4. The number of primary amides is 1. The minimum absolute atomic E-state index is 0.162. The highest BCUT2D eigenvalue weighted by atomic mass is 31.2. The summed E-state index contributed by atoms with van der Waals surface area (Å²) in [5.41, 5.74) is -0.719. The lowest BCUT2D eigenvalue weighted by Gasteiger charge is -2.23. The van der Waals surface area contributed by atoms with Gasteiger partial charge in [-0.25, -0.2) is 9.78 Å². The molecule has 234 valence electrons. The molecule has 2 aromatic carbocycles. The van der Waals surface area contributed by atoms with Crippen LogP contribution in [0.2, 0.25) is 0 Å². The van der Waals surface area contributed by atoms with Crippen LogP contribution in [-0.2, 0) is 43.4 Å². The Morgan fingerprint density at radius 2 is 1.36 bits per heavy atom. The van der Waals surface area contributed by atoms with E-state index in [2.05, 4.69) is 20.6 Å². The number of hydrogen-bond donors (Lipinski definition) is 6. The Labute approximate surface area is 245 Å². The smallest absolute Gasteiger partial charge is 0.399 e. The van der Waals surface area contributed by atoms with Crippen LogP contribution in [0.5, 0.6) is 0 Å². The first-order valence-electron chi connectivity index (χ1n) is 12.3. The molecular weight excluding hydrogens is 617 g/mol. The Balaban J connectivity index is 1.83. The van der Waals surface area contributed by atoms with Crippen molar-refractivity contribution in [1.29, 1.82) is 0 Å². The second-order valence-corrected chi connectivity index (χ2v) is 11.0. The number of aliphatic carboxylic acids is 1. The number of carbonyl (C=O) groups excluding carboxylic acids is 3. The Kier molecular flexibility index (Phi) is 10.2. The highest BCUT2D eigenvalue weighted by Gasteiger charge is 2.50. The van der Waals surface area contributed by atoms with Crippen molar-refractivity contribution in [3.63, 3.8) is 0 Å². The van der Waals surface area contributed by atoms with E-state index in [4.69, 9.17) is 20.6 Å². The molecule has 2 atom stereocenters. The summed E-state index contributed by atoms with van der Waals surface area (Å²) in [6, 6.07) is 4.49. The molecule has 1 aromatic heterocycles. The number of aromatic nitrogens is 2. The second-order valence-electron chi connectivity index (χ2n) is 9.35. The highest BCUT2D eigenvalue weighted by molar-refractivity contribution is 7.52. The van der Waals surface area contributed by atoms with Crippen molar-refractivity contribution < 1.29 is 56.2 Å². The maximum atomic E-state index is 14.0. The van der Waals surface area contributed by atoms with Gasteiger partial charge in [-0.3, -0.25) is 23.9 Å². The van der Waals surface area contributed by atoms with Gasteiger partial charge in [-0.05, 0) is 11.1 Å². The zero-order valence-corrected chi connectivity index (χ0v) is 23.1. The first-order valence-corrected chi connectivity index (χ1v) is 13.9. The molecule has 0 aliphatic rings. The molecule has 3 amide bonds. The normalized spacial score (nSPS) is 13.4. The van der Waals surface area contributed by atoms with Crippen LogP contribution >= 0.6 is 7.60 Å². The number of nitrogens with zero attached hydrogens (tertiary/aromatic N) is 2. The molecule has 0 bridgehead atoms. The van der Waals surface area contributed by atoms with Crippen molar-refractivity contribution >= 4 is 31.3 Å². The van der Waals surface area contributed by atoms with Gasteiger partial charge >= 0.3 is 25.2 Å². The van der Waals surface area contributed by atoms with Gasteiger partial charge in [0, 0.05) is 36.4 Å². The van der Waals surface area contributed by atoms with Crippen LogP contribution in [0.15, 0.2) is 67.1 Å². The maximum Gasteiger partial charge on any atom is 0.399 e. The molecule has 3 rings (SSSR count). The standard InChI is InChI=1S/C26H24F4N5O8P/c27-25(28,24(39)40)16-5-1-15(2-6-16)12-19(35-23(38)20-13-32-9-10-33-20)22(37)34-18(21(31)36)11-14-3-7-17(8-4-14)26(29,30)44(41,42)43/h1-10,13,18-19H,11-12H2,(H2,31,36)(H,34,37)(H,35,38)(H,39,40)(H2,41,42,43). The van der Waals surface area contributed by atoms with Gasteiger partial charge < -0.3 is 31.3 Å². The van der Waals surface area contributed by atoms with Crippen LogP contribution in [0.3, 0.4) is 0 Å². The molecular formula is C26H24F4N5O8P. The summed E-state index contributed by atoms with van der Waals surface area (Å²) < 4.78 is 66.7. The molecule has 44 heavy (non-hydrogen) atoms. The van der Waals surface area contributed by atoms with Crippen molar-refractivity contribution in [3.05, 3.63) is 95.1 Å². The van der Waals surface area contributed by atoms with Crippen molar-refractivity contribution in [1.82, 2.24) is 20.6 Å². The number of nitrogens with one attached hydrogen (secondary N) is 2. The number of carboxylic acids is 1. The SMILES string of the molecule is NC(=O)C(Cc1ccc(C(F)(F)P(=O)(O)O)cc1)NC(=O)C(Cc1ccc(C(F)(F)C(=O)O)cc1)NC(=O)c1cnccn1. The minimum atomic E-state index is -5.83. The summed E-state index contributed by atoms with van der Waals surface area (Å²) >= 11 is 0. The van der Waals surface area contributed by atoms with Crippen LogP contribution in [-0.4, -0.2) is 60.6 Å². The molecule has 0 aliphatic heterocycles. The van der Waals surface area contributed by atoms with Crippen LogP contribution in [0.25, 0.3) is 0 Å². The number of amides is 3. The van der Waals surface area contributed by atoms with E-state index < -0.39 is 66.1 Å². The zero-order chi connectivity index (χ0) is 32.9. The van der Waals surface area contributed by atoms with E-state index in [1.54, 1.807) is 0 Å². The van der Waals surface area contributed by atoms with Gasteiger partial charge in [0.05, 0.1) is 6.20 Å². The maximum absolute atomic E-state index is 14.0. The third kappa shape index (κ3) is 8.00. The molecule has 0 spiro atoms. The van der Waals surface area contributed by atoms with Crippen molar-refractivity contribution in [2.75, 3.05) is 0 Å². The molecule has 18 heteroatoms. The summed E-state index contributed by atoms with van der Waals surface area (Å²) in [5, 5.41) is 13.5. The summed E-state index contributed by atoms with van der Waals surface area (Å²) in [6.07, 6.45) is 2.89. The number of carbonyl (C=O) groups is 4. The Hall–Kier alpha value is -4.73. The number of hydrogen-bond acceptors (Lipinski definition) is 7. The fourth-order valence-corrected chi connectivity index (χ4v) is 4.29. The lowest BCUT2D eigenvalue weighted by atomic mass is 10.00. The Morgan fingerprint density at radius 1 is 0.841 bits per heavy atom. The van der Waals surface area contributed by atoms with E-state index in [-0.39, 0.29) is 29.7 Å². The average Bonchev–Trinajstić information content (AvgIpc) is 2.96. The van der Waals surface area contributed by atoms with Gasteiger partial charge in [0.2, 0.25) is 11.8 Å². The Bertz CT molecular complexity index is 1570. The summed E-state index contributed by atoms with van der Waals surface area (Å²) in [7, 11) is -5.83. The quantitative estimate of drug-likeness (QED) is 0.116. The first kappa shape index (κ1) is 33.8. The van der Waals surface area contributed by atoms with Crippen molar-refractivity contribution in [2.45, 2.75) is 36.5 Å². The largest absolute Gasteiger partial charge is 0.477 e. The second kappa shape index (κ2) is 13.3. The van der Waals surface area contributed by atoms with E-state index in [1.807, 2.05) is 0 Å². The predicted molar refractivity (Wildman–Crippen MR) is 142 cm³/mol. The first-order chi connectivity index (χ1) is 20.4.